The van der Waals surface area contributed by atoms with Crippen molar-refractivity contribution in [2.45, 2.75) is 31.5 Å². The molecule has 2 unspecified atom stereocenters. The highest BCUT2D eigenvalue weighted by atomic mass is 35.5. The van der Waals surface area contributed by atoms with Gasteiger partial charge < -0.3 is 24.5 Å². The summed E-state index contributed by atoms with van der Waals surface area (Å²) in [6.45, 7) is 0.104. The molecular formula is C32H29Cl2FN2O7. The van der Waals surface area contributed by atoms with Gasteiger partial charge in [-0.15, -0.1) is 0 Å². The molecule has 0 aliphatic rings. The van der Waals surface area contributed by atoms with Crippen molar-refractivity contribution in [2.24, 2.45) is 0 Å². The van der Waals surface area contributed by atoms with E-state index in [2.05, 4.69) is 5.32 Å². The molecule has 12 heteroatoms. The van der Waals surface area contributed by atoms with Gasteiger partial charge in [-0.05, 0) is 34.9 Å². The first-order chi connectivity index (χ1) is 21.1. The predicted molar refractivity (Wildman–Crippen MR) is 161 cm³/mol. The van der Waals surface area contributed by atoms with Crippen LogP contribution in [0.5, 0.6) is 11.5 Å². The van der Waals surface area contributed by atoms with Gasteiger partial charge in [-0.3, -0.25) is 14.9 Å². The molecule has 0 radical (unpaired) electrons. The molecule has 0 saturated carbocycles. The first-order valence-electron chi connectivity index (χ1n) is 13.4. The Morgan fingerprint density at radius 3 is 2.30 bits per heavy atom. The topological polar surface area (TPSA) is 121 Å². The highest BCUT2D eigenvalue weighted by Gasteiger charge is 2.25. The number of esters is 1. The van der Waals surface area contributed by atoms with E-state index in [9.17, 15) is 24.3 Å². The van der Waals surface area contributed by atoms with Crippen molar-refractivity contribution in [3.8, 4) is 11.5 Å². The number of halogens is 3. The predicted octanol–water partition coefficient (Wildman–Crippen LogP) is 5.77. The van der Waals surface area contributed by atoms with Gasteiger partial charge in [0.25, 0.3) is 0 Å². The largest absolute Gasteiger partial charge is 0.619 e. The maximum absolute atomic E-state index is 14.2. The molecule has 0 aliphatic carbocycles. The second kappa shape index (κ2) is 14.9. The summed E-state index contributed by atoms with van der Waals surface area (Å²) >= 11 is 12.6. The highest BCUT2D eigenvalue weighted by molar-refractivity contribution is 6.35. The van der Waals surface area contributed by atoms with E-state index in [1.807, 2.05) is 0 Å². The van der Waals surface area contributed by atoms with Gasteiger partial charge in [0.2, 0.25) is 0 Å². The number of aromatic nitrogens is 1. The van der Waals surface area contributed by atoms with Crippen molar-refractivity contribution in [2.75, 3.05) is 14.2 Å². The average molecular weight is 643 g/mol. The fourth-order valence-electron chi connectivity index (χ4n) is 4.67. The Kier molecular flexibility index (Phi) is 11.0. The molecular weight excluding hydrogens is 614 g/mol. The number of carboxylic acids is 1. The van der Waals surface area contributed by atoms with E-state index in [0.29, 0.717) is 38.5 Å². The number of nitrogens with zero attached hydrogens (tertiary/aromatic N) is 1. The zero-order valence-electron chi connectivity index (χ0n) is 23.8. The van der Waals surface area contributed by atoms with Gasteiger partial charge in [-0.25, -0.2) is 4.39 Å². The van der Waals surface area contributed by atoms with Gasteiger partial charge in [0.05, 0.1) is 20.6 Å². The standard InChI is InChI=1S/C32H29Cl2FN2O7/c1-42-27-11-10-21(14-29(27)43-2)28(15-23-24(33)17-37(41)18-25(23)34)44-30(38)13-19-6-5-7-20(12-19)16-36-31(32(39)40)22-8-3-4-9-26(22)35/h3-12,14,17-18,28,31,36H,13,15-16H2,1-2H3,(H,39,40). The molecule has 4 rings (SSSR count). The van der Waals surface area contributed by atoms with E-state index in [1.165, 1.54) is 32.4 Å². The lowest BCUT2D eigenvalue weighted by molar-refractivity contribution is -0.605. The van der Waals surface area contributed by atoms with Crippen LogP contribution < -0.4 is 19.5 Å². The van der Waals surface area contributed by atoms with Crippen LogP contribution in [-0.2, 0) is 33.7 Å². The van der Waals surface area contributed by atoms with E-state index < -0.39 is 29.9 Å². The van der Waals surface area contributed by atoms with Crippen LogP contribution in [0.1, 0.15) is 40.0 Å². The summed E-state index contributed by atoms with van der Waals surface area (Å²) in [4.78, 5) is 25.1. The molecule has 0 spiro atoms. The van der Waals surface area contributed by atoms with Crippen LogP contribution in [0.3, 0.4) is 0 Å². The van der Waals surface area contributed by atoms with Crippen LogP contribution in [0, 0.1) is 11.0 Å². The van der Waals surface area contributed by atoms with Gasteiger partial charge in [0.15, 0.2) is 23.9 Å². The number of carbonyl (C=O) groups excluding carboxylic acids is 1. The Labute approximate surface area is 263 Å². The highest BCUT2D eigenvalue weighted by Crippen LogP contribution is 2.35. The lowest BCUT2D eigenvalue weighted by Gasteiger charge is -2.21. The van der Waals surface area contributed by atoms with E-state index in [-0.39, 0.29) is 35.0 Å². The number of methoxy groups -OCH3 is 2. The average Bonchev–Trinajstić information content (AvgIpc) is 2.99. The Bertz CT molecular complexity index is 1630. The van der Waals surface area contributed by atoms with Crippen molar-refractivity contribution in [1.29, 1.82) is 0 Å². The first-order valence-corrected chi connectivity index (χ1v) is 14.1. The monoisotopic (exact) mass is 642 g/mol. The summed E-state index contributed by atoms with van der Waals surface area (Å²) in [7, 11) is 2.99. The lowest BCUT2D eigenvalue weighted by Crippen LogP contribution is -2.29. The number of rotatable bonds is 13. The van der Waals surface area contributed by atoms with Crippen molar-refractivity contribution in [1.82, 2.24) is 5.32 Å². The molecule has 9 nitrogen and oxygen atoms in total. The van der Waals surface area contributed by atoms with Gasteiger partial charge in [0, 0.05) is 24.1 Å². The van der Waals surface area contributed by atoms with Gasteiger partial charge in [-0.1, -0.05) is 71.7 Å². The number of nitrogens with one attached hydrogen (secondary N) is 1. The minimum Gasteiger partial charge on any atom is -0.619 e. The van der Waals surface area contributed by atoms with Crippen molar-refractivity contribution >= 4 is 35.1 Å². The number of carboxylic acid groups (broad SMARTS) is 1. The third kappa shape index (κ3) is 8.16. The SMILES string of the molecule is COc1ccc(C(Cc2c(Cl)c[n+]([O-])cc2Cl)OC(=O)Cc2cccc(CNC(C(=O)O)c3ccccc3F)c2)cc1OC. The number of carbonyl (C=O) groups is 2. The summed E-state index contributed by atoms with van der Waals surface area (Å²) in [5.41, 5.74) is 2.31. The summed E-state index contributed by atoms with van der Waals surface area (Å²) in [5.74, 6) is -1.51. The fourth-order valence-corrected chi connectivity index (χ4v) is 5.27. The summed E-state index contributed by atoms with van der Waals surface area (Å²) in [6, 6.07) is 16.4. The third-order valence-electron chi connectivity index (χ3n) is 6.81. The lowest BCUT2D eigenvalue weighted by atomic mass is 10.0. The third-order valence-corrected chi connectivity index (χ3v) is 7.47. The molecule has 0 aliphatic heterocycles. The van der Waals surface area contributed by atoms with E-state index in [1.54, 1.807) is 48.5 Å². The molecule has 0 saturated heterocycles. The fraction of sp³-hybridized carbons (Fsp3) is 0.219. The van der Waals surface area contributed by atoms with E-state index >= 15 is 0 Å². The second-order valence-corrected chi connectivity index (χ2v) is 10.6. The second-order valence-electron chi connectivity index (χ2n) is 9.76. The van der Waals surface area contributed by atoms with Crippen molar-refractivity contribution in [3.05, 3.63) is 128 Å². The van der Waals surface area contributed by atoms with Crippen LogP contribution in [0.2, 0.25) is 10.0 Å². The number of pyridine rings is 1. The molecule has 0 amide bonds. The molecule has 1 aromatic heterocycles. The number of hydrogen-bond donors (Lipinski definition) is 2. The van der Waals surface area contributed by atoms with Crippen LogP contribution >= 0.6 is 23.2 Å². The van der Waals surface area contributed by atoms with Gasteiger partial charge >= 0.3 is 11.9 Å². The maximum atomic E-state index is 14.2. The van der Waals surface area contributed by atoms with Crippen LogP contribution in [0.4, 0.5) is 4.39 Å². The zero-order chi connectivity index (χ0) is 31.8. The summed E-state index contributed by atoms with van der Waals surface area (Å²) < 4.78 is 31.4. The first kappa shape index (κ1) is 32.5. The number of benzene rings is 3. The minimum absolute atomic E-state index is 0.0182. The molecule has 2 atom stereocenters. The molecule has 0 fully saturated rings. The quantitative estimate of drug-likeness (QED) is 0.107. The molecule has 2 N–H and O–H groups in total. The molecule has 230 valence electrons. The Balaban J connectivity index is 1.52. The summed E-state index contributed by atoms with van der Waals surface area (Å²) in [5, 5.41) is 24.5. The van der Waals surface area contributed by atoms with Crippen molar-refractivity contribution in [3.63, 3.8) is 0 Å². The molecule has 44 heavy (non-hydrogen) atoms. The van der Waals surface area contributed by atoms with Crippen molar-refractivity contribution < 1.29 is 38.0 Å². The number of ether oxygens (including phenoxy) is 3. The van der Waals surface area contributed by atoms with Gasteiger partial charge in [0.1, 0.15) is 28.0 Å². The zero-order valence-corrected chi connectivity index (χ0v) is 25.3. The number of hydrogen-bond acceptors (Lipinski definition) is 7. The molecule has 0 bridgehead atoms. The minimum atomic E-state index is -1.26. The Morgan fingerprint density at radius 2 is 1.64 bits per heavy atom. The summed E-state index contributed by atoms with van der Waals surface area (Å²) in [6.07, 6.45) is 1.43. The smallest absolute Gasteiger partial charge is 0.325 e. The maximum Gasteiger partial charge on any atom is 0.325 e. The molecule has 3 aromatic carbocycles. The van der Waals surface area contributed by atoms with E-state index in [0.717, 1.165) is 12.4 Å². The Hall–Kier alpha value is -4.38. The molecule has 1 heterocycles. The molecule has 4 aromatic rings. The normalized spacial score (nSPS) is 12.3. The van der Waals surface area contributed by atoms with Gasteiger partial charge in [-0.2, -0.15) is 4.73 Å². The number of aliphatic carboxylic acids is 1. The van der Waals surface area contributed by atoms with Crippen LogP contribution in [0.25, 0.3) is 0 Å². The van der Waals surface area contributed by atoms with Crippen LogP contribution in [0.15, 0.2) is 79.1 Å². The van der Waals surface area contributed by atoms with E-state index in [4.69, 9.17) is 37.4 Å². The van der Waals surface area contributed by atoms with Crippen LogP contribution in [-0.4, -0.2) is 31.3 Å². The Morgan fingerprint density at radius 1 is 0.955 bits per heavy atom.